The van der Waals surface area contributed by atoms with Crippen LogP contribution in [-0.2, 0) is 13.0 Å². The summed E-state index contributed by atoms with van der Waals surface area (Å²) in [4.78, 5) is 4.34. The van der Waals surface area contributed by atoms with E-state index in [-0.39, 0.29) is 5.54 Å². The maximum absolute atomic E-state index is 5.54. The minimum Gasteiger partial charge on any atom is -0.448 e. The lowest BCUT2D eigenvalue weighted by Crippen LogP contribution is -2.35. The van der Waals surface area contributed by atoms with E-state index in [0.29, 0.717) is 0 Å². The molecule has 0 spiro atoms. The molecular formula is C15H26N2O. The quantitative estimate of drug-likeness (QED) is 0.866. The van der Waals surface area contributed by atoms with Gasteiger partial charge >= 0.3 is 0 Å². The fraction of sp³-hybridized carbons (Fsp3) is 0.800. The molecule has 0 amide bonds. The Balaban J connectivity index is 1.83. The summed E-state index contributed by atoms with van der Waals surface area (Å²) in [5, 5.41) is 3.47. The maximum atomic E-state index is 5.54. The molecule has 3 heteroatoms. The van der Waals surface area contributed by atoms with Crippen molar-refractivity contribution in [1.82, 2.24) is 10.3 Å². The zero-order valence-corrected chi connectivity index (χ0v) is 12.0. The Bertz CT molecular complexity index is 359. The Morgan fingerprint density at radius 3 is 2.72 bits per heavy atom. The molecule has 1 aromatic rings. The third-order valence-corrected chi connectivity index (χ3v) is 3.77. The molecule has 1 N–H and O–H groups in total. The van der Waals surface area contributed by atoms with Crippen LogP contribution in [0.1, 0.15) is 64.3 Å². The Morgan fingerprint density at radius 1 is 1.33 bits per heavy atom. The summed E-state index contributed by atoms with van der Waals surface area (Å²) in [5.74, 6) is 2.00. The van der Waals surface area contributed by atoms with Gasteiger partial charge in [0, 0.05) is 18.5 Å². The Labute approximate surface area is 110 Å². The highest BCUT2D eigenvalue weighted by Crippen LogP contribution is 2.29. The first-order valence-corrected chi connectivity index (χ1v) is 7.21. The SMILES string of the molecule is CC(C)(C)NCc1ncoc1CCC1CCCC1. The molecule has 18 heavy (non-hydrogen) atoms. The van der Waals surface area contributed by atoms with E-state index in [2.05, 4.69) is 31.1 Å². The molecule has 1 heterocycles. The summed E-state index contributed by atoms with van der Waals surface area (Å²) in [7, 11) is 0. The van der Waals surface area contributed by atoms with Crippen LogP contribution in [0.15, 0.2) is 10.8 Å². The van der Waals surface area contributed by atoms with Crippen molar-refractivity contribution in [3.8, 4) is 0 Å². The van der Waals surface area contributed by atoms with Crippen LogP contribution >= 0.6 is 0 Å². The highest BCUT2D eigenvalue weighted by molar-refractivity contribution is 5.07. The minimum absolute atomic E-state index is 0.127. The van der Waals surface area contributed by atoms with Crippen molar-refractivity contribution in [2.24, 2.45) is 5.92 Å². The molecule has 0 bridgehead atoms. The first kappa shape index (κ1) is 13.6. The Morgan fingerprint density at radius 2 is 2.06 bits per heavy atom. The van der Waals surface area contributed by atoms with Gasteiger partial charge in [-0.25, -0.2) is 4.98 Å². The molecule has 0 unspecified atom stereocenters. The number of hydrogen-bond donors (Lipinski definition) is 1. The molecule has 1 fully saturated rings. The number of rotatable bonds is 5. The summed E-state index contributed by atoms with van der Waals surface area (Å²) in [5.41, 5.74) is 1.21. The van der Waals surface area contributed by atoms with E-state index in [1.807, 2.05) is 0 Å². The van der Waals surface area contributed by atoms with Crippen molar-refractivity contribution in [1.29, 1.82) is 0 Å². The van der Waals surface area contributed by atoms with Gasteiger partial charge in [0.1, 0.15) is 5.76 Å². The third-order valence-electron chi connectivity index (χ3n) is 3.77. The van der Waals surface area contributed by atoms with Crippen molar-refractivity contribution in [2.45, 2.75) is 71.4 Å². The normalized spacial score (nSPS) is 17.5. The number of hydrogen-bond acceptors (Lipinski definition) is 3. The summed E-state index contributed by atoms with van der Waals surface area (Å²) in [6, 6.07) is 0. The largest absolute Gasteiger partial charge is 0.448 e. The Kier molecular flexibility index (Phi) is 4.44. The average molecular weight is 250 g/mol. The predicted molar refractivity (Wildman–Crippen MR) is 73.4 cm³/mol. The lowest BCUT2D eigenvalue weighted by Gasteiger charge is -2.19. The zero-order valence-electron chi connectivity index (χ0n) is 12.0. The van der Waals surface area contributed by atoms with Crippen molar-refractivity contribution < 1.29 is 4.42 Å². The summed E-state index contributed by atoms with van der Waals surface area (Å²) >= 11 is 0. The van der Waals surface area contributed by atoms with Crippen LogP contribution in [0.3, 0.4) is 0 Å². The van der Waals surface area contributed by atoms with E-state index in [1.165, 1.54) is 32.1 Å². The minimum atomic E-state index is 0.127. The van der Waals surface area contributed by atoms with Crippen LogP contribution in [0.5, 0.6) is 0 Å². The first-order chi connectivity index (χ1) is 8.54. The van der Waals surface area contributed by atoms with Crippen LogP contribution in [0, 0.1) is 5.92 Å². The van der Waals surface area contributed by atoms with Crippen molar-refractivity contribution in [2.75, 3.05) is 0 Å². The van der Waals surface area contributed by atoms with E-state index >= 15 is 0 Å². The second-order valence-electron chi connectivity index (χ2n) is 6.51. The molecule has 0 aromatic carbocycles. The van der Waals surface area contributed by atoms with Gasteiger partial charge in [-0.2, -0.15) is 0 Å². The van der Waals surface area contributed by atoms with Gasteiger partial charge in [0.2, 0.25) is 0 Å². The monoisotopic (exact) mass is 250 g/mol. The molecule has 0 radical (unpaired) electrons. The standard InChI is InChI=1S/C15H26N2O/c1-15(2,3)17-10-13-14(18-11-16-13)9-8-12-6-4-5-7-12/h11-12,17H,4-10H2,1-3H3. The van der Waals surface area contributed by atoms with Gasteiger partial charge in [-0.3, -0.25) is 0 Å². The molecule has 102 valence electrons. The molecule has 2 rings (SSSR count). The van der Waals surface area contributed by atoms with Gasteiger partial charge in [0.25, 0.3) is 0 Å². The molecule has 0 saturated heterocycles. The van der Waals surface area contributed by atoms with E-state index in [1.54, 1.807) is 6.39 Å². The Hall–Kier alpha value is -0.830. The number of aryl methyl sites for hydroxylation is 1. The van der Waals surface area contributed by atoms with Gasteiger partial charge in [-0.1, -0.05) is 25.7 Å². The molecular weight excluding hydrogens is 224 g/mol. The molecule has 1 aliphatic rings. The van der Waals surface area contributed by atoms with Crippen LogP contribution in [-0.4, -0.2) is 10.5 Å². The summed E-state index contributed by atoms with van der Waals surface area (Å²) in [6.45, 7) is 7.32. The van der Waals surface area contributed by atoms with E-state index in [4.69, 9.17) is 4.42 Å². The molecule has 1 aliphatic carbocycles. The van der Waals surface area contributed by atoms with Gasteiger partial charge in [-0.05, 0) is 33.1 Å². The highest BCUT2D eigenvalue weighted by atomic mass is 16.3. The number of nitrogens with zero attached hydrogens (tertiary/aromatic N) is 1. The highest BCUT2D eigenvalue weighted by Gasteiger charge is 2.18. The van der Waals surface area contributed by atoms with E-state index < -0.39 is 0 Å². The van der Waals surface area contributed by atoms with Gasteiger partial charge in [0.15, 0.2) is 6.39 Å². The fourth-order valence-corrected chi connectivity index (χ4v) is 2.62. The van der Waals surface area contributed by atoms with Crippen molar-refractivity contribution in [3.05, 3.63) is 17.8 Å². The number of aromatic nitrogens is 1. The zero-order chi connectivity index (χ0) is 13.0. The maximum Gasteiger partial charge on any atom is 0.181 e. The number of nitrogens with one attached hydrogen (secondary N) is 1. The van der Waals surface area contributed by atoms with Gasteiger partial charge in [-0.15, -0.1) is 0 Å². The van der Waals surface area contributed by atoms with Crippen molar-refractivity contribution in [3.63, 3.8) is 0 Å². The second kappa shape index (κ2) is 5.87. The van der Waals surface area contributed by atoms with Crippen molar-refractivity contribution >= 4 is 0 Å². The van der Waals surface area contributed by atoms with Gasteiger partial charge in [0.05, 0.1) is 5.69 Å². The van der Waals surface area contributed by atoms with Gasteiger partial charge < -0.3 is 9.73 Å². The average Bonchev–Trinajstić information content (AvgIpc) is 2.94. The summed E-state index contributed by atoms with van der Waals surface area (Å²) < 4.78 is 5.54. The van der Waals surface area contributed by atoms with Crippen LogP contribution in [0.2, 0.25) is 0 Å². The lowest BCUT2D eigenvalue weighted by atomic mass is 10.0. The molecule has 1 saturated carbocycles. The molecule has 0 atom stereocenters. The molecule has 1 aromatic heterocycles. The fourth-order valence-electron chi connectivity index (χ4n) is 2.62. The lowest BCUT2D eigenvalue weighted by molar-refractivity contribution is 0.412. The van der Waals surface area contributed by atoms with E-state index in [9.17, 15) is 0 Å². The first-order valence-electron chi connectivity index (χ1n) is 7.21. The third kappa shape index (κ3) is 4.13. The van der Waals surface area contributed by atoms with Crippen LogP contribution in [0.4, 0.5) is 0 Å². The second-order valence-corrected chi connectivity index (χ2v) is 6.51. The van der Waals surface area contributed by atoms with E-state index in [0.717, 1.165) is 30.3 Å². The molecule has 0 aliphatic heterocycles. The topological polar surface area (TPSA) is 38.1 Å². The smallest absolute Gasteiger partial charge is 0.181 e. The number of oxazole rings is 1. The molecule has 3 nitrogen and oxygen atoms in total. The predicted octanol–water partition coefficient (Wildman–Crippen LogP) is 3.69. The van der Waals surface area contributed by atoms with Crippen LogP contribution < -0.4 is 5.32 Å². The van der Waals surface area contributed by atoms with Crippen LogP contribution in [0.25, 0.3) is 0 Å². The summed E-state index contributed by atoms with van der Waals surface area (Å²) in [6.07, 6.45) is 9.54.